The van der Waals surface area contributed by atoms with Crippen LogP contribution in [0.1, 0.15) is 42.9 Å². The number of thioether (sulfide) groups is 1. The Kier molecular flexibility index (Phi) is 8.57. The second-order valence-electron chi connectivity index (χ2n) is 9.38. The SMILES string of the molecule is COc1ccc([C@H]2Sc3ccccc3N(CCN(C)C)C(=O)[C@H]2OC(=O)NC2CCCCC2)cc1. The summed E-state index contributed by atoms with van der Waals surface area (Å²) in [4.78, 5) is 31.8. The third-order valence-corrected chi connectivity index (χ3v) is 7.94. The number of amides is 2. The fourth-order valence-corrected chi connectivity index (χ4v) is 5.94. The molecule has 1 aliphatic heterocycles. The molecule has 8 heteroatoms. The lowest BCUT2D eigenvalue weighted by molar-refractivity contribution is -0.127. The van der Waals surface area contributed by atoms with Gasteiger partial charge in [-0.05, 0) is 56.8 Å². The first-order valence-electron chi connectivity index (χ1n) is 12.3. The Bertz CT molecular complexity index is 1010. The number of methoxy groups -OCH3 is 1. The number of alkyl carbamates (subject to hydrolysis) is 1. The van der Waals surface area contributed by atoms with E-state index in [1.807, 2.05) is 67.5 Å². The van der Waals surface area contributed by atoms with Crippen LogP contribution in [0.15, 0.2) is 53.4 Å². The number of carbonyl (C=O) groups is 2. The molecule has 1 heterocycles. The van der Waals surface area contributed by atoms with Crippen LogP contribution >= 0.6 is 11.8 Å². The fraction of sp³-hybridized carbons (Fsp3) is 0.481. The van der Waals surface area contributed by atoms with Gasteiger partial charge in [-0.15, -0.1) is 11.8 Å². The highest BCUT2D eigenvalue weighted by atomic mass is 32.2. The Morgan fingerprint density at radius 2 is 1.80 bits per heavy atom. The summed E-state index contributed by atoms with van der Waals surface area (Å²) in [7, 11) is 5.59. The molecule has 1 N–H and O–H groups in total. The Morgan fingerprint density at radius 3 is 2.49 bits per heavy atom. The third kappa shape index (κ3) is 6.30. The van der Waals surface area contributed by atoms with Gasteiger partial charge in [0.15, 0.2) is 6.10 Å². The molecule has 0 bridgehead atoms. The van der Waals surface area contributed by atoms with E-state index in [-0.39, 0.29) is 11.9 Å². The van der Waals surface area contributed by atoms with E-state index in [0.29, 0.717) is 13.1 Å². The number of fused-ring (bicyclic) bond motifs is 1. The van der Waals surface area contributed by atoms with Crippen molar-refractivity contribution >= 4 is 29.4 Å². The molecule has 1 aliphatic carbocycles. The van der Waals surface area contributed by atoms with Crippen molar-refractivity contribution in [3.05, 3.63) is 54.1 Å². The molecule has 1 fully saturated rings. The zero-order valence-electron chi connectivity index (χ0n) is 20.7. The van der Waals surface area contributed by atoms with E-state index in [1.54, 1.807) is 23.8 Å². The van der Waals surface area contributed by atoms with Crippen LogP contribution in [0.2, 0.25) is 0 Å². The van der Waals surface area contributed by atoms with Crippen molar-refractivity contribution in [2.75, 3.05) is 39.2 Å². The zero-order valence-corrected chi connectivity index (χ0v) is 21.6. The topological polar surface area (TPSA) is 71.1 Å². The normalized spacial score (nSPS) is 20.8. The minimum atomic E-state index is -0.966. The number of hydrogen-bond acceptors (Lipinski definition) is 6. The average Bonchev–Trinajstić information content (AvgIpc) is 2.98. The lowest BCUT2D eigenvalue weighted by Gasteiger charge is -2.30. The van der Waals surface area contributed by atoms with Gasteiger partial charge in [0.2, 0.25) is 0 Å². The van der Waals surface area contributed by atoms with Crippen molar-refractivity contribution in [3.8, 4) is 5.75 Å². The number of likely N-dealkylation sites (N-methyl/N-ethyl adjacent to an activating group) is 1. The highest BCUT2D eigenvalue weighted by molar-refractivity contribution is 7.99. The van der Waals surface area contributed by atoms with Crippen molar-refractivity contribution in [2.45, 2.75) is 54.4 Å². The first-order chi connectivity index (χ1) is 17.0. The molecule has 0 radical (unpaired) electrons. The van der Waals surface area contributed by atoms with E-state index in [4.69, 9.17) is 9.47 Å². The first kappa shape index (κ1) is 25.4. The molecule has 35 heavy (non-hydrogen) atoms. The smallest absolute Gasteiger partial charge is 0.408 e. The van der Waals surface area contributed by atoms with Gasteiger partial charge in [-0.3, -0.25) is 4.79 Å². The number of nitrogens with one attached hydrogen (secondary N) is 1. The van der Waals surface area contributed by atoms with Crippen molar-refractivity contribution < 1.29 is 19.1 Å². The summed E-state index contributed by atoms with van der Waals surface area (Å²) in [6.07, 6.45) is 3.81. The van der Waals surface area contributed by atoms with Crippen molar-refractivity contribution in [1.82, 2.24) is 10.2 Å². The maximum atomic E-state index is 14.0. The molecule has 4 rings (SSSR count). The molecular formula is C27H35N3O4S. The summed E-state index contributed by atoms with van der Waals surface area (Å²) in [6.45, 7) is 1.20. The lowest BCUT2D eigenvalue weighted by Crippen LogP contribution is -2.47. The van der Waals surface area contributed by atoms with Crippen LogP contribution < -0.4 is 15.0 Å². The van der Waals surface area contributed by atoms with Crippen LogP contribution in [0.3, 0.4) is 0 Å². The number of rotatable bonds is 7. The highest BCUT2D eigenvalue weighted by Crippen LogP contribution is 2.46. The van der Waals surface area contributed by atoms with Crippen LogP contribution in [-0.2, 0) is 9.53 Å². The number of hydrogen-bond donors (Lipinski definition) is 1. The Hall–Kier alpha value is -2.71. The molecule has 0 spiro atoms. The Morgan fingerprint density at radius 1 is 1.09 bits per heavy atom. The van der Waals surface area contributed by atoms with E-state index in [9.17, 15) is 9.59 Å². The number of para-hydroxylation sites is 1. The highest BCUT2D eigenvalue weighted by Gasteiger charge is 2.41. The number of ether oxygens (including phenoxy) is 2. The van der Waals surface area contributed by atoms with Crippen molar-refractivity contribution in [2.24, 2.45) is 0 Å². The van der Waals surface area contributed by atoms with Crippen LogP contribution in [0.5, 0.6) is 5.75 Å². The second kappa shape index (κ2) is 11.8. The second-order valence-corrected chi connectivity index (χ2v) is 10.6. The fourth-order valence-electron chi connectivity index (χ4n) is 4.62. The molecule has 2 aromatic rings. The summed E-state index contributed by atoms with van der Waals surface area (Å²) in [5.74, 6) is 0.531. The van der Waals surface area contributed by atoms with Crippen LogP contribution in [0.25, 0.3) is 0 Å². The summed E-state index contributed by atoms with van der Waals surface area (Å²) in [5, 5.41) is 2.62. The van der Waals surface area contributed by atoms with Gasteiger partial charge in [0, 0.05) is 24.0 Å². The summed E-state index contributed by atoms with van der Waals surface area (Å²) < 4.78 is 11.3. The Labute approximate surface area is 212 Å². The van der Waals surface area contributed by atoms with Gasteiger partial charge in [-0.25, -0.2) is 4.79 Å². The molecule has 2 aliphatic rings. The number of carbonyl (C=O) groups excluding carboxylic acids is 2. The zero-order chi connectivity index (χ0) is 24.8. The molecule has 0 aromatic heterocycles. The van der Waals surface area contributed by atoms with E-state index in [1.165, 1.54) is 6.42 Å². The van der Waals surface area contributed by atoms with Gasteiger partial charge in [0.25, 0.3) is 5.91 Å². The third-order valence-electron chi connectivity index (χ3n) is 6.57. The maximum absolute atomic E-state index is 14.0. The minimum Gasteiger partial charge on any atom is -0.497 e. The van der Waals surface area contributed by atoms with Gasteiger partial charge in [-0.1, -0.05) is 43.5 Å². The van der Waals surface area contributed by atoms with Crippen molar-refractivity contribution in [1.29, 1.82) is 0 Å². The molecule has 2 aromatic carbocycles. The standard InChI is InChI=1S/C27H35N3O4S/c1-29(2)17-18-30-22-11-7-8-12-23(22)35-25(19-13-15-21(33-3)16-14-19)24(26(30)31)34-27(32)28-20-9-5-4-6-10-20/h7-8,11-16,20,24-25H,4-6,9-10,17-18H2,1-3H3,(H,28,32)/t24-,25+/m0/s1. The number of anilines is 1. The van der Waals surface area contributed by atoms with Gasteiger partial charge in [0.1, 0.15) is 5.75 Å². The average molecular weight is 498 g/mol. The molecule has 0 saturated heterocycles. The molecule has 2 atom stereocenters. The number of nitrogens with zero attached hydrogens (tertiary/aromatic N) is 2. The van der Waals surface area contributed by atoms with E-state index in [0.717, 1.165) is 47.6 Å². The monoisotopic (exact) mass is 497 g/mol. The molecular weight excluding hydrogens is 462 g/mol. The first-order valence-corrected chi connectivity index (χ1v) is 13.2. The van der Waals surface area contributed by atoms with E-state index in [2.05, 4.69) is 5.32 Å². The molecule has 2 amide bonds. The van der Waals surface area contributed by atoms with Crippen LogP contribution in [-0.4, -0.2) is 63.3 Å². The van der Waals surface area contributed by atoms with E-state index >= 15 is 0 Å². The quantitative estimate of drug-likeness (QED) is 0.589. The van der Waals surface area contributed by atoms with Gasteiger partial charge in [0.05, 0.1) is 18.0 Å². The van der Waals surface area contributed by atoms with Crippen molar-refractivity contribution in [3.63, 3.8) is 0 Å². The van der Waals surface area contributed by atoms with Gasteiger partial charge in [-0.2, -0.15) is 0 Å². The van der Waals surface area contributed by atoms with Crippen LogP contribution in [0.4, 0.5) is 10.5 Å². The largest absolute Gasteiger partial charge is 0.497 e. The summed E-state index contributed by atoms with van der Waals surface area (Å²) in [5.41, 5.74) is 1.76. The van der Waals surface area contributed by atoms with Gasteiger partial charge >= 0.3 is 6.09 Å². The lowest BCUT2D eigenvalue weighted by atomic mass is 9.96. The van der Waals surface area contributed by atoms with E-state index < -0.39 is 17.4 Å². The minimum absolute atomic E-state index is 0.103. The predicted octanol–water partition coefficient (Wildman–Crippen LogP) is 4.86. The summed E-state index contributed by atoms with van der Waals surface area (Å²) >= 11 is 1.56. The molecule has 1 saturated carbocycles. The molecule has 0 unspecified atom stereocenters. The Balaban J connectivity index is 1.67. The van der Waals surface area contributed by atoms with Gasteiger partial charge < -0.3 is 24.6 Å². The molecule has 7 nitrogen and oxygen atoms in total. The summed E-state index contributed by atoms with van der Waals surface area (Å²) in [6, 6.07) is 15.6. The predicted molar refractivity (Wildman–Crippen MR) is 139 cm³/mol. The maximum Gasteiger partial charge on any atom is 0.408 e. The number of benzene rings is 2. The molecule has 188 valence electrons. The van der Waals surface area contributed by atoms with Crippen LogP contribution in [0, 0.1) is 0 Å².